The number of hydrogen-bond donors (Lipinski definition) is 0. The van der Waals surface area contributed by atoms with Crippen molar-refractivity contribution in [3.8, 4) is 0 Å². The van der Waals surface area contributed by atoms with E-state index in [0.717, 1.165) is 6.20 Å². The topological polar surface area (TPSA) is 12.9 Å². The highest BCUT2D eigenvalue weighted by atomic mass is 19.1. The first kappa shape index (κ1) is 7.16. The molecule has 0 spiro atoms. The van der Waals surface area contributed by atoms with Crippen LogP contribution in [-0.4, -0.2) is 4.98 Å². The third-order valence-electron chi connectivity index (χ3n) is 1.61. The minimum Gasteiger partial charge on any atom is -0.253 e. The maximum absolute atomic E-state index is 12.6. The molecule has 0 unspecified atom stereocenters. The normalized spacial score (nSPS) is 10.5. The lowest BCUT2D eigenvalue weighted by Gasteiger charge is -1.95. The maximum Gasteiger partial charge on any atom is 0.142 e. The number of fused-ring (bicyclic) bond motifs is 1. The fourth-order valence-corrected chi connectivity index (χ4v) is 1.08. The first-order valence-electron chi connectivity index (χ1n) is 3.46. The summed E-state index contributed by atoms with van der Waals surface area (Å²) in [4.78, 5) is 3.78. The Morgan fingerprint density at radius 2 is 1.75 bits per heavy atom. The lowest BCUT2D eigenvalue weighted by Crippen LogP contribution is -1.82. The van der Waals surface area contributed by atoms with Crippen molar-refractivity contribution in [2.45, 2.75) is 0 Å². The molecule has 0 aliphatic carbocycles. The summed E-state index contributed by atoms with van der Waals surface area (Å²) < 4.78 is 25.2. The van der Waals surface area contributed by atoms with Crippen molar-refractivity contribution in [1.29, 1.82) is 0 Å². The average molecular weight is 165 g/mol. The molecule has 1 aromatic carbocycles. The van der Waals surface area contributed by atoms with Gasteiger partial charge in [-0.05, 0) is 24.3 Å². The molecule has 0 fully saturated rings. The Morgan fingerprint density at radius 3 is 2.58 bits per heavy atom. The Balaban J connectivity index is 2.80. The summed E-state index contributed by atoms with van der Waals surface area (Å²) in [5.74, 6) is -0.831. The van der Waals surface area contributed by atoms with Gasteiger partial charge in [0.25, 0.3) is 0 Å². The predicted molar refractivity (Wildman–Crippen MR) is 41.7 cm³/mol. The predicted octanol–water partition coefficient (Wildman–Crippen LogP) is 2.51. The van der Waals surface area contributed by atoms with Crippen LogP contribution in [-0.2, 0) is 0 Å². The van der Waals surface area contributed by atoms with Crippen molar-refractivity contribution >= 4 is 10.9 Å². The molecule has 0 aliphatic rings. The number of hydrogen-bond acceptors (Lipinski definition) is 1. The lowest BCUT2D eigenvalue weighted by atomic mass is 10.2. The van der Waals surface area contributed by atoms with E-state index in [0.29, 0.717) is 10.9 Å². The molecular formula is C9H5F2N. The quantitative estimate of drug-likeness (QED) is 0.584. The Labute approximate surface area is 67.7 Å². The molecule has 0 saturated heterocycles. The van der Waals surface area contributed by atoms with Crippen LogP contribution >= 0.6 is 0 Å². The minimum absolute atomic E-state index is 0.380. The first-order valence-corrected chi connectivity index (χ1v) is 3.46. The number of rotatable bonds is 0. The van der Waals surface area contributed by atoms with Crippen LogP contribution in [0.1, 0.15) is 0 Å². The number of nitrogens with zero attached hydrogens (tertiary/aromatic N) is 1. The Morgan fingerprint density at radius 1 is 1.00 bits per heavy atom. The van der Waals surface area contributed by atoms with Gasteiger partial charge in [0.1, 0.15) is 11.6 Å². The van der Waals surface area contributed by atoms with E-state index >= 15 is 0 Å². The van der Waals surface area contributed by atoms with Crippen molar-refractivity contribution in [2.24, 2.45) is 0 Å². The number of pyridine rings is 1. The Hall–Kier alpha value is -1.51. The van der Waals surface area contributed by atoms with Gasteiger partial charge in [0.15, 0.2) is 0 Å². The van der Waals surface area contributed by atoms with Crippen LogP contribution in [0.2, 0.25) is 0 Å². The third kappa shape index (κ3) is 1.13. The van der Waals surface area contributed by atoms with E-state index in [4.69, 9.17) is 0 Å². The number of aromatic nitrogens is 1. The molecule has 2 rings (SSSR count). The zero-order valence-electron chi connectivity index (χ0n) is 6.09. The van der Waals surface area contributed by atoms with Crippen molar-refractivity contribution in [2.75, 3.05) is 0 Å². The second-order valence-corrected chi connectivity index (χ2v) is 2.49. The molecule has 60 valence electrons. The highest BCUT2D eigenvalue weighted by Crippen LogP contribution is 2.13. The van der Waals surface area contributed by atoms with Crippen molar-refractivity contribution in [3.05, 3.63) is 42.1 Å². The number of halogens is 2. The summed E-state index contributed by atoms with van der Waals surface area (Å²) in [5, 5.41) is 0.481. The maximum atomic E-state index is 12.6. The zero-order valence-corrected chi connectivity index (χ0v) is 6.09. The van der Waals surface area contributed by atoms with Crippen molar-refractivity contribution < 1.29 is 8.78 Å². The molecule has 1 nitrogen and oxygen atoms in total. The van der Waals surface area contributed by atoms with Crippen molar-refractivity contribution in [3.63, 3.8) is 0 Å². The van der Waals surface area contributed by atoms with E-state index in [1.54, 1.807) is 0 Å². The van der Waals surface area contributed by atoms with Crippen LogP contribution in [0.15, 0.2) is 30.5 Å². The molecule has 12 heavy (non-hydrogen) atoms. The van der Waals surface area contributed by atoms with Gasteiger partial charge in [0.2, 0.25) is 0 Å². The number of benzene rings is 1. The van der Waals surface area contributed by atoms with Gasteiger partial charge in [0.05, 0.1) is 11.7 Å². The van der Waals surface area contributed by atoms with Crippen LogP contribution in [0.25, 0.3) is 10.9 Å². The summed E-state index contributed by atoms with van der Waals surface area (Å²) >= 11 is 0. The van der Waals surface area contributed by atoms with Crippen LogP contribution in [0.3, 0.4) is 0 Å². The molecule has 3 heteroatoms. The lowest BCUT2D eigenvalue weighted by molar-refractivity contribution is 0.621. The van der Waals surface area contributed by atoms with Crippen LogP contribution < -0.4 is 0 Å². The molecule has 0 N–H and O–H groups in total. The zero-order chi connectivity index (χ0) is 8.55. The molecule has 0 atom stereocenters. The molecule has 2 aromatic rings. The Bertz CT molecular complexity index is 389. The van der Waals surface area contributed by atoms with Gasteiger partial charge in [-0.3, -0.25) is 4.98 Å². The second kappa shape index (κ2) is 2.52. The Kier molecular flexibility index (Phi) is 1.50. The van der Waals surface area contributed by atoms with E-state index < -0.39 is 5.82 Å². The summed E-state index contributed by atoms with van der Waals surface area (Å²) in [6.45, 7) is 0. The van der Waals surface area contributed by atoms with Gasteiger partial charge in [-0.2, -0.15) is 0 Å². The smallest absolute Gasteiger partial charge is 0.142 e. The third-order valence-corrected chi connectivity index (χ3v) is 1.61. The van der Waals surface area contributed by atoms with Gasteiger partial charge in [-0.15, -0.1) is 0 Å². The standard InChI is InChI=1S/C9H5F2N/c10-7-1-2-9-6(3-7)4-8(11)5-12-9/h1-5H. The van der Waals surface area contributed by atoms with Gasteiger partial charge in [0, 0.05) is 5.39 Å². The van der Waals surface area contributed by atoms with Gasteiger partial charge in [-0.1, -0.05) is 0 Å². The summed E-state index contributed by atoms with van der Waals surface area (Å²) in [6.07, 6.45) is 1.11. The highest BCUT2D eigenvalue weighted by Gasteiger charge is 1.97. The fraction of sp³-hybridized carbons (Fsp3) is 0. The molecule has 0 amide bonds. The highest BCUT2D eigenvalue weighted by molar-refractivity contribution is 5.78. The van der Waals surface area contributed by atoms with E-state index in [1.165, 1.54) is 24.3 Å². The van der Waals surface area contributed by atoms with E-state index in [9.17, 15) is 8.78 Å². The van der Waals surface area contributed by atoms with Crippen LogP contribution in [0.5, 0.6) is 0 Å². The molecule has 1 aromatic heterocycles. The molecule has 1 heterocycles. The summed E-state index contributed by atoms with van der Waals surface area (Å²) in [5.41, 5.74) is 0.595. The molecule has 0 aliphatic heterocycles. The van der Waals surface area contributed by atoms with E-state index in [-0.39, 0.29) is 5.82 Å². The second-order valence-electron chi connectivity index (χ2n) is 2.49. The van der Waals surface area contributed by atoms with E-state index in [2.05, 4.69) is 4.98 Å². The van der Waals surface area contributed by atoms with Gasteiger partial charge >= 0.3 is 0 Å². The molecule has 0 bridgehead atoms. The monoisotopic (exact) mass is 165 g/mol. The molecule has 0 saturated carbocycles. The van der Waals surface area contributed by atoms with Crippen LogP contribution in [0, 0.1) is 11.6 Å². The average Bonchev–Trinajstić information content (AvgIpc) is 2.03. The first-order chi connectivity index (χ1) is 5.75. The molecule has 0 radical (unpaired) electrons. The largest absolute Gasteiger partial charge is 0.253 e. The SMILES string of the molecule is Fc1ccc2ncc(F)cc2c1. The van der Waals surface area contributed by atoms with E-state index in [1.807, 2.05) is 0 Å². The van der Waals surface area contributed by atoms with Gasteiger partial charge < -0.3 is 0 Å². The minimum atomic E-state index is -0.451. The molecular weight excluding hydrogens is 160 g/mol. The summed E-state index contributed by atoms with van der Waals surface area (Å²) in [6, 6.07) is 5.33. The van der Waals surface area contributed by atoms with Gasteiger partial charge in [-0.25, -0.2) is 8.78 Å². The van der Waals surface area contributed by atoms with Crippen LogP contribution in [0.4, 0.5) is 8.78 Å². The van der Waals surface area contributed by atoms with Crippen molar-refractivity contribution in [1.82, 2.24) is 4.98 Å². The summed E-state index contributed by atoms with van der Waals surface area (Å²) in [7, 11) is 0. The fourth-order valence-electron chi connectivity index (χ4n) is 1.08.